The average Bonchev–Trinajstić information content (AvgIpc) is 2.23. The highest BCUT2D eigenvalue weighted by molar-refractivity contribution is 7.89. The van der Waals surface area contributed by atoms with Crippen LogP contribution in [0.5, 0.6) is 0 Å². The second-order valence-electron chi connectivity index (χ2n) is 4.42. The maximum absolute atomic E-state index is 12.1. The molecule has 0 aromatic heterocycles. The predicted octanol–water partition coefficient (Wildman–Crippen LogP) is 2.65. The summed E-state index contributed by atoms with van der Waals surface area (Å²) < 4.78 is 26.7. The second-order valence-corrected chi connectivity index (χ2v) is 6.94. The molecule has 7 heteroatoms. The fourth-order valence-corrected chi connectivity index (χ4v) is 3.64. The molecule has 3 N–H and O–H groups in total. The monoisotopic (exact) mass is 308 g/mol. The maximum Gasteiger partial charge on any atom is 0.242 e. The van der Waals surface area contributed by atoms with Gasteiger partial charge in [-0.15, -0.1) is 0 Å². The van der Waals surface area contributed by atoms with Crippen LogP contribution in [0, 0.1) is 5.92 Å². The first-order chi connectivity index (χ1) is 8.42. The van der Waals surface area contributed by atoms with Crippen molar-refractivity contribution in [2.75, 3.05) is 12.3 Å². The van der Waals surface area contributed by atoms with Crippen molar-refractivity contribution >= 4 is 38.9 Å². The van der Waals surface area contributed by atoms with Crippen LogP contribution in [-0.4, -0.2) is 15.0 Å². The number of halogens is 2. The lowest BCUT2D eigenvalue weighted by Gasteiger charge is -2.25. The van der Waals surface area contributed by atoms with Crippen LogP contribution in [-0.2, 0) is 10.0 Å². The van der Waals surface area contributed by atoms with Crippen LogP contribution < -0.4 is 10.5 Å². The van der Waals surface area contributed by atoms with Crippen molar-refractivity contribution in [1.29, 1.82) is 0 Å². The van der Waals surface area contributed by atoms with Crippen LogP contribution >= 0.6 is 23.2 Å². The standard InChI is InChI=1S/C11H14Cl2N2O2S/c12-8-4-5-9(10(13)11(8)14)18(16,17)15-6-7-2-1-3-7/h4-5,7,15H,1-3,6,14H2. The Labute approximate surface area is 117 Å². The lowest BCUT2D eigenvalue weighted by atomic mass is 9.86. The molecule has 2 rings (SSSR count). The third-order valence-corrected chi connectivity index (χ3v) is 5.48. The lowest BCUT2D eigenvalue weighted by molar-refractivity contribution is 0.316. The Kier molecular flexibility index (Phi) is 4.06. The fraction of sp³-hybridized carbons (Fsp3) is 0.455. The zero-order valence-corrected chi connectivity index (χ0v) is 11.9. The number of nitrogen functional groups attached to an aromatic ring is 1. The number of nitrogens with two attached hydrogens (primary N) is 1. The lowest BCUT2D eigenvalue weighted by Crippen LogP contribution is -2.32. The molecule has 0 bridgehead atoms. The van der Waals surface area contributed by atoms with E-state index in [0.717, 1.165) is 12.8 Å². The van der Waals surface area contributed by atoms with Gasteiger partial charge in [0, 0.05) is 6.54 Å². The molecule has 0 amide bonds. The third-order valence-electron chi connectivity index (χ3n) is 3.17. The molecule has 1 aromatic rings. The summed E-state index contributed by atoms with van der Waals surface area (Å²) >= 11 is 11.7. The van der Waals surface area contributed by atoms with E-state index in [4.69, 9.17) is 28.9 Å². The smallest absolute Gasteiger partial charge is 0.242 e. The van der Waals surface area contributed by atoms with E-state index in [1.54, 1.807) is 0 Å². The number of benzene rings is 1. The van der Waals surface area contributed by atoms with Gasteiger partial charge in [0.05, 0.1) is 15.7 Å². The summed E-state index contributed by atoms with van der Waals surface area (Å²) in [6, 6.07) is 2.80. The zero-order valence-electron chi connectivity index (χ0n) is 9.62. The molecule has 0 unspecified atom stereocenters. The van der Waals surface area contributed by atoms with Crippen molar-refractivity contribution in [3.63, 3.8) is 0 Å². The van der Waals surface area contributed by atoms with Gasteiger partial charge in [0.25, 0.3) is 0 Å². The van der Waals surface area contributed by atoms with E-state index in [1.807, 2.05) is 0 Å². The van der Waals surface area contributed by atoms with Gasteiger partial charge < -0.3 is 5.73 Å². The van der Waals surface area contributed by atoms with E-state index in [-0.39, 0.29) is 20.6 Å². The molecule has 1 saturated carbocycles. The molecule has 1 aliphatic carbocycles. The maximum atomic E-state index is 12.1. The number of hydrogen-bond donors (Lipinski definition) is 2. The Morgan fingerprint density at radius 1 is 1.33 bits per heavy atom. The molecule has 18 heavy (non-hydrogen) atoms. The van der Waals surface area contributed by atoms with Gasteiger partial charge in [-0.3, -0.25) is 0 Å². The van der Waals surface area contributed by atoms with Gasteiger partial charge in [-0.2, -0.15) is 0 Å². The summed E-state index contributed by atoms with van der Waals surface area (Å²) in [5.41, 5.74) is 5.70. The molecular formula is C11H14Cl2N2O2S. The molecule has 1 aliphatic rings. The largest absolute Gasteiger partial charge is 0.396 e. The van der Waals surface area contributed by atoms with Gasteiger partial charge in [-0.05, 0) is 30.9 Å². The van der Waals surface area contributed by atoms with Crippen LogP contribution in [0.2, 0.25) is 10.0 Å². The molecule has 4 nitrogen and oxygen atoms in total. The van der Waals surface area contributed by atoms with Gasteiger partial charge in [0.2, 0.25) is 10.0 Å². The van der Waals surface area contributed by atoms with Crippen LogP contribution in [0.25, 0.3) is 0 Å². The van der Waals surface area contributed by atoms with Crippen LogP contribution in [0.4, 0.5) is 5.69 Å². The topological polar surface area (TPSA) is 72.2 Å². The number of anilines is 1. The molecule has 0 atom stereocenters. The summed E-state index contributed by atoms with van der Waals surface area (Å²) in [5.74, 6) is 0.434. The van der Waals surface area contributed by atoms with Gasteiger partial charge in [-0.1, -0.05) is 29.6 Å². The predicted molar refractivity (Wildman–Crippen MR) is 73.4 cm³/mol. The molecule has 100 valence electrons. The Bertz CT molecular complexity index is 556. The van der Waals surface area contributed by atoms with Crippen molar-refractivity contribution in [1.82, 2.24) is 4.72 Å². The Morgan fingerprint density at radius 2 is 2.00 bits per heavy atom. The van der Waals surface area contributed by atoms with Gasteiger partial charge in [0.15, 0.2) is 0 Å². The zero-order chi connectivity index (χ0) is 13.3. The first kappa shape index (κ1) is 13.9. The highest BCUT2D eigenvalue weighted by Gasteiger charge is 2.24. The number of hydrogen-bond acceptors (Lipinski definition) is 3. The number of nitrogens with one attached hydrogen (secondary N) is 1. The Hall–Kier alpha value is -0.490. The Morgan fingerprint density at radius 3 is 2.56 bits per heavy atom. The van der Waals surface area contributed by atoms with Crippen LogP contribution in [0.3, 0.4) is 0 Å². The van der Waals surface area contributed by atoms with E-state index in [0.29, 0.717) is 12.5 Å². The highest BCUT2D eigenvalue weighted by Crippen LogP contribution is 2.33. The molecule has 0 saturated heterocycles. The van der Waals surface area contributed by atoms with E-state index < -0.39 is 10.0 Å². The van der Waals surface area contributed by atoms with E-state index in [2.05, 4.69) is 4.72 Å². The van der Waals surface area contributed by atoms with Crippen molar-refractivity contribution in [2.24, 2.45) is 5.92 Å². The first-order valence-corrected chi connectivity index (χ1v) is 7.89. The van der Waals surface area contributed by atoms with Gasteiger partial charge >= 0.3 is 0 Å². The minimum absolute atomic E-state index is 0.0228. The molecular weight excluding hydrogens is 295 g/mol. The van der Waals surface area contributed by atoms with Gasteiger partial charge in [-0.25, -0.2) is 13.1 Å². The molecule has 0 aliphatic heterocycles. The van der Waals surface area contributed by atoms with E-state index in [1.165, 1.54) is 18.6 Å². The van der Waals surface area contributed by atoms with Crippen molar-refractivity contribution in [3.05, 3.63) is 22.2 Å². The highest BCUT2D eigenvalue weighted by atomic mass is 35.5. The third kappa shape index (κ3) is 2.74. The normalized spacial score (nSPS) is 16.6. The van der Waals surface area contributed by atoms with E-state index >= 15 is 0 Å². The van der Waals surface area contributed by atoms with Crippen molar-refractivity contribution < 1.29 is 8.42 Å². The van der Waals surface area contributed by atoms with Crippen LogP contribution in [0.15, 0.2) is 17.0 Å². The second kappa shape index (κ2) is 5.25. The first-order valence-electron chi connectivity index (χ1n) is 5.65. The molecule has 0 spiro atoms. The van der Waals surface area contributed by atoms with Crippen molar-refractivity contribution in [3.8, 4) is 0 Å². The summed E-state index contributed by atoms with van der Waals surface area (Å²) in [5, 5.41) is 0.224. The summed E-state index contributed by atoms with van der Waals surface area (Å²) in [4.78, 5) is -0.0228. The van der Waals surface area contributed by atoms with E-state index in [9.17, 15) is 8.42 Å². The fourth-order valence-electron chi connectivity index (χ4n) is 1.76. The minimum Gasteiger partial charge on any atom is -0.396 e. The average molecular weight is 309 g/mol. The SMILES string of the molecule is Nc1c(Cl)ccc(S(=O)(=O)NCC2CCC2)c1Cl. The summed E-state index contributed by atoms with van der Waals surface area (Å²) in [6.45, 7) is 0.446. The minimum atomic E-state index is -3.62. The quantitative estimate of drug-likeness (QED) is 0.840. The summed E-state index contributed by atoms with van der Waals surface area (Å²) in [7, 11) is -3.62. The van der Waals surface area contributed by atoms with Crippen LogP contribution in [0.1, 0.15) is 19.3 Å². The van der Waals surface area contributed by atoms with Crippen molar-refractivity contribution in [2.45, 2.75) is 24.2 Å². The number of rotatable bonds is 4. The molecule has 0 heterocycles. The number of sulfonamides is 1. The Balaban J connectivity index is 2.21. The molecule has 1 fully saturated rings. The molecule has 0 radical (unpaired) electrons. The van der Waals surface area contributed by atoms with Gasteiger partial charge in [0.1, 0.15) is 4.90 Å². The molecule has 1 aromatic carbocycles. The summed E-state index contributed by atoms with van der Waals surface area (Å²) in [6.07, 6.45) is 3.30.